The topological polar surface area (TPSA) is 78.7 Å². The highest BCUT2D eigenvalue weighted by molar-refractivity contribution is 5.79. The highest BCUT2D eigenvalue weighted by atomic mass is 16.6. The zero-order chi connectivity index (χ0) is 16.8. The molecule has 0 fully saturated rings. The first-order chi connectivity index (χ1) is 11.0. The van der Waals surface area contributed by atoms with E-state index in [0.717, 1.165) is 11.1 Å². The third-order valence-electron chi connectivity index (χ3n) is 3.33. The van der Waals surface area contributed by atoms with E-state index in [0.29, 0.717) is 19.3 Å². The van der Waals surface area contributed by atoms with Gasteiger partial charge in [-0.25, -0.2) is 0 Å². The van der Waals surface area contributed by atoms with Crippen molar-refractivity contribution in [3.63, 3.8) is 0 Å². The van der Waals surface area contributed by atoms with E-state index in [1.807, 2.05) is 31.2 Å². The van der Waals surface area contributed by atoms with Crippen molar-refractivity contribution >= 4 is 12.0 Å². The van der Waals surface area contributed by atoms with Crippen molar-refractivity contribution in [2.45, 2.75) is 13.3 Å². The monoisotopic (exact) mass is 315 g/mol. The van der Waals surface area contributed by atoms with Crippen molar-refractivity contribution in [1.29, 1.82) is 0 Å². The number of carbonyl (C=O) groups is 1. The Labute approximate surface area is 133 Å². The Morgan fingerprint density at radius 2 is 2.04 bits per heavy atom. The second-order valence-electron chi connectivity index (χ2n) is 5.03. The third-order valence-corrected chi connectivity index (χ3v) is 3.33. The van der Waals surface area contributed by atoms with E-state index < -0.39 is 4.92 Å². The minimum absolute atomic E-state index is 0.0184. The quantitative estimate of drug-likeness (QED) is 0.445. The Balaban J connectivity index is 2.19. The van der Waals surface area contributed by atoms with Gasteiger partial charge >= 0.3 is 5.69 Å². The van der Waals surface area contributed by atoms with Crippen molar-refractivity contribution < 1.29 is 19.2 Å². The second kappa shape index (κ2) is 7.40. The first kappa shape index (κ1) is 16.5. The van der Waals surface area contributed by atoms with Crippen LogP contribution in [0.3, 0.4) is 0 Å². The standard InChI is InChI=1S/C17H17NO5/c1-12-4-3-5-13(8-12)6-7-23-16-10-14(11-19)9-15(18(20)21)17(16)22-2/h3-5,8-11H,6-7H2,1-2H3. The Morgan fingerprint density at radius 3 is 2.65 bits per heavy atom. The van der Waals surface area contributed by atoms with Gasteiger partial charge in [0.2, 0.25) is 5.75 Å². The van der Waals surface area contributed by atoms with Gasteiger partial charge in [0, 0.05) is 18.1 Å². The number of aryl methyl sites for hydroxylation is 1. The van der Waals surface area contributed by atoms with Crippen LogP contribution in [0.2, 0.25) is 0 Å². The molecule has 2 rings (SSSR count). The largest absolute Gasteiger partial charge is 0.489 e. The van der Waals surface area contributed by atoms with Gasteiger partial charge in [0.05, 0.1) is 18.6 Å². The van der Waals surface area contributed by atoms with Crippen molar-refractivity contribution in [3.05, 3.63) is 63.2 Å². The number of nitro groups is 1. The van der Waals surface area contributed by atoms with Crippen molar-refractivity contribution in [2.24, 2.45) is 0 Å². The van der Waals surface area contributed by atoms with Crippen LogP contribution in [0.15, 0.2) is 36.4 Å². The molecular formula is C17H17NO5. The fourth-order valence-corrected chi connectivity index (χ4v) is 2.27. The predicted molar refractivity (Wildman–Crippen MR) is 85.4 cm³/mol. The Bertz CT molecular complexity index is 727. The summed E-state index contributed by atoms with van der Waals surface area (Å²) in [5.41, 5.74) is 2.13. The molecular weight excluding hydrogens is 298 g/mol. The highest BCUT2D eigenvalue weighted by Gasteiger charge is 2.21. The van der Waals surface area contributed by atoms with Gasteiger partial charge in [0.15, 0.2) is 5.75 Å². The first-order valence-electron chi connectivity index (χ1n) is 7.05. The fraction of sp³-hybridized carbons (Fsp3) is 0.235. The fourth-order valence-electron chi connectivity index (χ4n) is 2.27. The van der Waals surface area contributed by atoms with Crippen molar-refractivity contribution in [1.82, 2.24) is 0 Å². The lowest BCUT2D eigenvalue weighted by Gasteiger charge is -2.11. The maximum Gasteiger partial charge on any atom is 0.315 e. The van der Waals surface area contributed by atoms with Crippen LogP contribution in [0.4, 0.5) is 5.69 Å². The molecule has 2 aromatic carbocycles. The molecule has 6 heteroatoms. The van der Waals surface area contributed by atoms with Gasteiger partial charge < -0.3 is 9.47 Å². The van der Waals surface area contributed by atoms with Crippen LogP contribution in [0.1, 0.15) is 21.5 Å². The van der Waals surface area contributed by atoms with Gasteiger partial charge in [-0.15, -0.1) is 0 Å². The smallest absolute Gasteiger partial charge is 0.315 e. The van der Waals surface area contributed by atoms with Crippen molar-refractivity contribution in [3.8, 4) is 11.5 Å². The summed E-state index contributed by atoms with van der Waals surface area (Å²) in [5.74, 6) is 0.210. The van der Waals surface area contributed by atoms with E-state index in [2.05, 4.69) is 0 Å². The number of hydrogen-bond donors (Lipinski definition) is 0. The summed E-state index contributed by atoms with van der Waals surface area (Å²) in [5, 5.41) is 11.1. The minimum atomic E-state index is -0.598. The molecule has 0 heterocycles. The Morgan fingerprint density at radius 1 is 1.26 bits per heavy atom. The van der Waals surface area contributed by atoms with Crippen LogP contribution in [-0.2, 0) is 6.42 Å². The molecule has 23 heavy (non-hydrogen) atoms. The first-order valence-corrected chi connectivity index (χ1v) is 7.05. The molecule has 2 aromatic rings. The lowest BCUT2D eigenvalue weighted by Crippen LogP contribution is -2.05. The summed E-state index contributed by atoms with van der Waals surface area (Å²) in [6.07, 6.45) is 1.18. The molecule has 0 atom stereocenters. The molecule has 0 bridgehead atoms. The maximum atomic E-state index is 11.1. The molecule has 0 N–H and O–H groups in total. The number of nitro benzene ring substituents is 1. The number of benzene rings is 2. The molecule has 0 aliphatic rings. The number of hydrogen-bond acceptors (Lipinski definition) is 5. The highest BCUT2D eigenvalue weighted by Crippen LogP contribution is 2.37. The average molecular weight is 315 g/mol. The van der Waals surface area contributed by atoms with Gasteiger partial charge in [0.1, 0.15) is 6.29 Å². The van der Waals surface area contributed by atoms with Crippen molar-refractivity contribution in [2.75, 3.05) is 13.7 Å². The van der Waals surface area contributed by atoms with Crippen LogP contribution in [-0.4, -0.2) is 24.9 Å². The van der Waals surface area contributed by atoms with Gasteiger partial charge in [-0.3, -0.25) is 14.9 Å². The summed E-state index contributed by atoms with van der Waals surface area (Å²) in [4.78, 5) is 21.4. The van der Waals surface area contributed by atoms with Gasteiger partial charge in [0.25, 0.3) is 0 Å². The average Bonchev–Trinajstić information content (AvgIpc) is 2.54. The Kier molecular flexibility index (Phi) is 5.30. The third kappa shape index (κ3) is 4.06. The van der Waals surface area contributed by atoms with Crippen LogP contribution in [0.5, 0.6) is 11.5 Å². The van der Waals surface area contributed by atoms with E-state index in [1.165, 1.54) is 19.2 Å². The zero-order valence-corrected chi connectivity index (χ0v) is 12.9. The van der Waals surface area contributed by atoms with Crippen LogP contribution >= 0.6 is 0 Å². The summed E-state index contributed by atoms with van der Waals surface area (Å²) in [6, 6.07) is 10.6. The molecule has 0 aliphatic heterocycles. The van der Waals surface area contributed by atoms with E-state index in [4.69, 9.17) is 9.47 Å². The maximum absolute atomic E-state index is 11.1. The number of carbonyl (C=O) groups excluding carboxylic acids is 1. The number of aldehydes is 1. The van der Waals surface area contributed by atoms with Gasteiger partial charge in [-0.1, -0.05) is 29.8 Å². The van der Waals surface area contributed by atoms with Gasteiger partial charge in [-0.05, 0) is 18.6 Å². The minimum Gasteiger partial charge on any atom is -0.489 e. The molecule has 0 spiro atoms. The molecule has 120 valence electrons. The van der Waals surface area contributed by atoms with Gasteiger partial charge in [-0.2, -0.15) is 0 Å². The lowest BCUT2D eigenvalue weighted by atomic mass is 10.1. The number of rotatable bonds is 7. The molecule has 0 radical (unpaired) electrons. The number of ether oxygens (including phenoxy) is 2. The SMILES string of the molecule is COc1c(OCCc2cccc(C)c2)cc(C=O)cc1[N+](=O)[O-]. The molecule has 0 amide bonds. The van der Waals surface area contributed by atoms with E-state index in [1.54, 1.807) is 0 Å². The number of nitrogens with zero attached hydrogens (tertiary/aromatic N) is 1. The zero-order valence-electron chi connectivity index (χ0n) is 12.9. The van der Waals surface area contributed by atoms with E-state index in [-0.39, 0.29) is 22.7 Å². The molecule has 6 nitrogen and oxygen atoms in total. The van der Waals surface area contributed by atoms with Crippen LogP contribution in [0, 0.1) is 17.0 Å². The molecule has 0 aromatic heterocycles. The molecule has 0 unspecified atom stereocenters. The second-order valence-corrected chi connectivity index (χ2v) is 5.03. The molecule has 0 saturated carbocycles. The van der Waals surface area contributed by atoms with Crippen LogP contribution in [0.25, 0.3) is 0 Å². The summed E-state index contributed by atoms with van der Waals surface area (Å²) in [7, 11) is 1.33. The Hall–Kier alpha value is -2.89. The summed E-state index contributed by atoms with van der Waals surface area (Å²) >= 11 is 0. The molecule has 0 saturated heterocycles. The summed E-state index contributed by atoms with van der Waals surface area (Å²) < 4.78 is 10.7. The normalized spacial score (nSPS) is 10.2. The van der Waals surface area contributed by atoms with E-state index >= 15 is 0 Å². The number of methoxy groups -OCH3 is 1. The van der Waals surface area contributed by atoms with E-state index in [9.17, 15) is 14.9 Å². The lowest BCUT2D eigenvalue weighted by molar-refractivity contribution is -0.385. The predicted octanol–water partition coefficient (Wildman–Crippen LogP) is 3.35. The molecule has 0 aliphatic carbocycles. The summed E-state index contributed by atoms with van der Waals surface area (Å²) in [6.45, 7) is 2.32. The van der Waals surface area contributed by atoms with Crippen LogP contribution < -0.4 is 9.47 Å².